The van der Waals surface area contributed by atoms with E-state index in [4.69, 9.17) is 9.47 Å². The molecule has 0 amide bonds. The zero-order valence-electron chi connectivity index (χ0n) is 15.2. The average molecular weight is 344 g/mol. The summed E-state index contributed by atoms with van der Waals surface area (Å²) in [7, 11) is 7.34. The zero-order chi connectivity index (χ0) is 18.4. The zero-order valence-corrected chi connectivity index (χ0v) is 15.2. The second kappa shape index (κ2) is 8.14. The molecule has 0 heterocycles. The van der Waals surface area contributed by atoms with Crippen molar-refractivity contribution < 1.29 is 23.9 Å². The molecule has 0 saturated carbocycles. The molecule has 0 aromatic heterocycles. The van der Waals surface area contributed by atoms with Gasteiger partial charge in [0, 0.05) is 0 Å². The second-order valence-electron chi connectivity index (χ2n) is 7.01. The van der Waals surface area contributed by atoms with E-state index in [2.05, 4.69) is 0 Å². The van der Waals surface area contributed by atoms with Crippen molar-refractivity contribution in [1.82, 2.24) is 0 Å². The third-order valence-corrected chi connectivity index (χ3v) is 3.75. The van der Waals surface area contributed by atoms with Crippen molar-refractivity contribution in [3.63, 3.8) is 0 Å². The van der Waals surface area contributed by atoms with Crippen molar-refractivity contribution in [3.05, 3.63) is 65.2 Å². The standard InChI is InChI=1S/C20H26NO4/c1-21(2,3)13-18(22)16-10-11-19(17(12-16)20(23)24-4)25-14-15-8-6-5-7-9-15/h5-12,18,22H,13-14H2,1-4H3/q+1/t18-/m0/s1. The SMILES string of the molecule is COC(=O)c1cc([C@@H](O)C[N+](C)(C)C)ccc1OCc1ccccc1. The fourth-order valence-corrected chi connectivity index (χ4v) is 2.51. The highest BCUT2D eigenvalue weighted by Gasteiger charge is 2.21. The van der Waals surface area contributed by atoms with Crippen LogP contribution in [0.15, 0.2) is 48.5 Å². The highest BCUT2D eigenvalue weighted by atomic mass is 16.5. The summed E-state index contributed by atoms with van der Waals surface area (Å²) in [4.78, 5) is 12.1. The van der Waals surface area contributed by atoms with Crippen LogP contribution in [0.2, 0.25) is 0 Å². The number of methoxy groups -OCH3 is 1. The number of hydrogen-bond donors (Lipinski definition) is 1. The number of hydrogen-bond acceptors (Lipinski definition) is 4. The predicted octanol–water partition coefficient (Wildman–Crippen LogP) is 2.79. The van der Waals surface area contributed by atoms with Crippen LogP contribution in [-0.2, 0) is 11.3 Å². The maximum atomic E-state index is 12.1. The van der Waals surface area contributed by atoms with E-state index >= 15 is 0 Å². The van der Waals surface area contributed by atoms with Gasteiger partial charge in [0.15, 0.2) is 0 Å². The number of ether oxygens (including phenoxy) is 2. The van der Waals surface area contributed by atoms with Crippen LogP contribution >= 0.6 is 0 Å². The van der Waals surface area contributed by atoms with Gasteiger partial charge >= 0.3 is 5.97 Å². The van der Waals surface area contributed by atoms with E-state index in [1.165, 1.54) is 7.11 Å². The fourth-order valence-electron chi connectivity index (χ4n) is 2.51. The molecule has 0 radical (unpaired) electrons. The van der Waals surface area contributed by atoms with E-state index in [1.54, 1.807) is 18.2 Å². The molecule has 2 aromatic rings. The molecule has 2 aromatic carbocycles. The lowest BCUT2D eigenvalue weighted by atomic mass is 10.0. The average Bonchev–Trinajstić information content (AvgIpc) is 2.58. The predicted molar refractivity (Wildman–Crippen MR) is 96.4 cm³/mol. The topological polar surface area (TPSA) is 55.8 Å². The first kappa shape index (κ1) is 19.0. The Labute approximate surface area is 149 Å². The molecule has 5 heteroatoms. The molecule has 0 spiro atoms. The fraction of sp³-hybridized carbons (Fsp3) is 0.350. The minimum Gasteiger partial charge on any atom is -0.488 e. The molecule has 0 unspecified atom stereocenters. The van der Waals surface area contributed by atoms with Gasteiger partial charge in [0.1, 0.15) is 30.6 Å². The number of esters is 1. The van der Waals surface area contributed by atoms with Crippen LogP contribution in [-0.4, -0.2) is 50.4 Å². The first-order chi connectivity index (χ1) is 11.8. The second-order valence-corrected chi connectivity index (χ2v) is 7.01. The quantitative estimate of drug-likeness (QED) is 0.620. The highest BCUT2D eigenvalue weighted by Crippen LogP contribution is 2.26. The Morgan fingerprint density at radius 1 is 1.12 bits per heavy atom. The van der Waals surface area contributed by atoms with Gasteiger partial charge in [-0.2, -0.15) is 0 Å². The summed E-state index contributed by atoms with van der Waals surface area (Å²) < 4.78 is 11.3. The summed E-state index contributed by atoms with van der Waals surface area (Å²) in [6, 6.07) is 14.9. The number of benzene rings is 2. The number of aliphatic hydroxyl groups excluding tert-OH is 1. The maximum absolute atomic E-state index is 12.1. The maximum Gasteiger partial charge on any atom is 0.341 e. The highest BCUT2D eigenvalue weighted by molar-refractivity contribution is 5.92. The molecule has 0 aliphatic heterocycles. The molecule has 25 heavy (non-hydrogen) atoms. The van der Waals surface area contributed by atoms with E-state index in [9.17, 15) is 9.90 Å². The third kappa shape index (κ3) is 5.59. The van der Waals surface area contributed by atoms with Crippen molar-refractivity contribution in [2.45, 2.75) is 12.7 Å². The van der Waals surface area contributed by atoms with Crippen molar-refractivity contribution in [2.24, 2.45) is 0 Å². The van der Waals surface area contributed by atoms with E-state index in [1.807, 2.05) is 51.5 Å². The van der Waals surface area contributed by atoms with Crippen molar-refractivity contribution >= 4 is 5.97 Å². The number of nitrogens with zero attached hydrogens (tertiary/aromatic N) is 1. The molecular formula is C20H26NO4+. The largest absolute Gasteiger partial charge is 0.488 e. The number of likely N-dealkylation sites (N-methyl/N-ethyl adjacent to an activating group) is 1. The van der Waals surface area contributed by atoms with Crippen LogP contribution in [0, 0.1) is 0 Å². The van der Waals surface area contributed by atoms with Gasteiger partial charge in [-0.3, -0.25) is 0 Å². The summed E-state index contributed by atoms with van der Waals surface area (Å²) >= 11 is 0. The number of carbonyl (C=O) groups is 1. The molecule has 0 bridgehead atoms. The Morgan fingerprint density at radius 3 is 2.40 bits per heavy atom. The van der Waals surface area contributed by atoms with E-state index < -0.39 is 12.1 Å². The van der Waals surface area contributed by atoms with Crippen LogP contribution < -0.4 is 4.74 Å². The van der Waals surface area contributed by atoms with Crippen LogP contribution in [0.1, 0.15) is 27.6 Å². The molecule has 1 atom stereocenters. The summed E-state index contributed by atoms with van der Waals surface area (Å²) in [6.45, 7) is 0.885. The van der Waals surface area contributed by atoms with E-state index in [-0.39, 0.29) is 0 Å². The lowest BCUT2D eigenvalue weighted by Crippen LogP contribution is -2.38. The van der Waals surface area contributed by atoms with Crippen LogP contribution in [0.4, 0.5) is 0 Å². The number of rotatable bonds is 7. The Bertz CT molecular complexity index is 707. The molecule has 5 nitrogen and oxygen atoms in total. The van der Waals surface area contributed by atoms with Crippen LogP contribution in [0.25, 0.3) is 0 Å². The van der Waals surface area contributed by atoms with Crippen LogP contribution in [0.3, 0.4) is 0 Å². The third-order valence-electron chi connectivity index (χ3n) is 3.75. The smallest absolute Gasteiger partial charge is 0.341 e. The molecule has 134 valence electrons. The molecule has 0 saturated heterocycles. The molecule has 0 aliphatic carbocycles. The van der Waals surface area contributed by atoms with Gasteiger partial charge in [-0.25, -0.2) is 4.79 Å². The van der Waals surface area contributed by atoms with Gasteiger partial charge < -0.3 is 19.1 Å². The first-order valence-electron chi connectivity index (χ1n) is 8.17. The van der Waals surface area contributed by atoms with Gasteiger partial charge in [0.05, 0.1) is 28.3 Å². The van der Waals surface area contributed by atoms with Gasteiger partial charge in [0.25, 0.3) is 0 Å². The van der Waals surface area contributed by atoms with Gasteiger partial charge in [-0.15, -0.1) is 0 Å². The van der Waals surface area contributed by atoms with E-state index in [0.717, 1.165) is 5.56 Å². The number of carbonyl (C=O) groups excluding carboxylic acids is 1. The minimum atomic E-state index is -0.674. The summed E-state index contributed by atoms with van der Waals surface area (Å²) in [5.41, 5.74) is 1.99. The molecule has 0 aliphatic rings. The molecule has 1 N–H and O–H groups in total. The Balaban J connectivity index is 2.23. The summed E-state index contributed by atoms with van der Waals surface area (Å²) in [5.74, 6) is -0.0424. The minimum absolute atomic E-state index is 0.316. The Kier molecular flexibility index (Phi) is 6.17. The Hall–Kier alpha value is -2.37. The lowest BCUT2D eigenvalue weighted by Gasteiger charge is -2.27. The molecular weight excluding hydrogens is 318 g/mol. The van der Waals surface area contributed by atoms with Crippen molar-refractivity contribution in [2.75, 3.05) is 34.8 Å². The molecule has 2 rings (SSSR count). The number of aliphatic hydroxyl groups is 1. The normalized spacial score (nSPS) is 12.5. The van der Waals surface area contributed by atoms with Crippen LogP contribution in [0.5, 0.6) is 5.75 Å². The van der Waals surface area contributed by atoms with Gasteiger partial charge in [-0.05, 0) is 23.3 Å². The molecule has 0 fully saturated rings. The van der Waals surface area contributed by atoms with Gasteiger partial charge in [-0.1, -0.05) is 36.4 Å². The van der Waals surface area contributed by atoms with Crippen molar-refractivity contribution in [1.29, 1.82) is 0 Å². The van der Waals surface area contributed by atoms with Gasteiger partial charge in [0.2, 0.25) is 0 Å². The van der Waals surface area contributed by atoms with E-state index in [0.29, 0.717) is 34.5 Å². The van der Waals surface area contributed by atoms with Crippen molar-refractivity contribution in [3.8, 4) is 5.75 Å². The summed E-state index contributed by atoms with van der Waals surface area (Å²) in [5, 5.41) is 10.4. The number of quaternary nitrogens is 1. The lowest BCUT2D eigenvalue weighted by molar-refractivity contribution is -0.874. The first-order valence-corrected chi connectivity index (χ1v) is 8.17. The Morgan fingerprint density at radius 2 is 1.80 bits per heavy atom. The summed E-state index contributed by atoms with van der Waals surface area (Å²) in [6.07, 6.45) is -0.674. The monoisotopic (exact) mass is 344 g/mol.